The minimum atomic E-state index is -3.98. The van der Waals surface area contributed by atoms with Crippen LogP contribution in [0.5, 0.6) is 0 Å². The topological polar surface area (TPSA) is 95.0 Å². The van der Waals surface area contributed by atoms with Crippen molar-refractivity contribution in [1.82, 2.24) is 0 Å². The van der Waals surface area contributed by atoms with E-state index in [1.54, 1.807) is 31.3 Å². The number of carbonyl (C=O) groups excluding carboxylic acids is 1. The van der Waals surface area contributed by atoms with Gasteiger partial charge >= 0.3 is 5.97 Å². The number of hydrogen-bond donors (Lipinski definition) is 1. The maximum Gasteiger partial charge on any atom is 0.335 e. The molecule has 0 unspecified atom stereocenters. The lowest BCUT2D eigenvalue weighted by Gasteiger charge is -2.34. The number of para-hydroxylation sites is 2. The molecule has 0 saturated heterocycles. The summed E-state index contributed by atoms with van der Waals surface area (Å²) in [5.74, 6) is -1.49. The Labute approximate surface area is 138 Å². The first-order valence-corrected chi connectivity index (χ1v) is 8.48. The molecule has 0 bridgehead atoms. The third kappa shape index (κ3) is 2.50. The Bertz CT molecular complexity index is 922. The molecular weight excluding hydrogens is 332 g/mol. The fraction of sp³-hybridized carbons (Fsp3) is 0.125. The molecule has 0 spiro atoms. The molecule has 1 heterocycles. The van der Waals surface area contributed by atoms with Crippen molar-refractivity contribution in [3.8, 4) is 0 Å². The molecule has 2 aromatic rings. The predicted octanol–water partition coefficient (Wildman–Crippen LogP) is 1.56. The summed E-state index contributed by atoms with van der Waals surface area (Å²) in [7, 11) is -2.39. The number of carboxylic acids is 1. The van der Waals surface area contributed by atoms with Crippen LogP contribution in [0.15, 0.2) is 53.4 Å². The number of benzene rings is 2. The van der Waals surface area contributed by atoms with Gasteiger partial charge < -0.3 is 10.0 Å². The molecular formula is C16H14N2O5S. The van der Waals surface area contributed by atoms with E-state index in [9.17, 15) is 18.0 Å². The number of anilines is 2. The molecule has 1 N–H and O–H groups in total. The van der Waals surface area contributed by atoms with Crippen molar-refractivity contribution < 1.29 is 23.1 Å². The molecule has 2 aromatic carbocycles. The summed E-state index contributed by atoms with van der Waals surface area (Å²) in [4.78, 5) is 24.4. The summed E-state index contributed by atoms with van der Waals surface area (Å²) < 4.78 is 26.8. The molecule has 0 saturated carbocycles. The number of likely N-dealkylation sites (N-methyl/N-ethyl adjacent to an activating group) is 1. The van der Waals surface area contributed by atoms with E-state index in [4.69, 9.17) is 5.11 Å². The van der Waals surface area contributed by atoms with Gasteiger partial charge in [0.15, 0.2) is 0 Å². The van der Waals surface area contributed by atoms with Crippen LogP contribution in [0, 0.1) is 0 Å². The van der Waals surface area contributed by atoms with Crippen LogP contribution in [0.3, 0.4) is 0 Å². The van der Waals surface area contributed by atoms with Gasteiger partial charge in [0.2, 0.25) is 5.91 Å². The Morgan fingerprint density at radius 2 is 1.62 bits per heavy atom. The number of fused-ring (bicyclic) bond motifs is 1. The van der Waals surface area contributed by atoms with Crippen molar-refractivity contribution in [2.24, 2.45) is 0 Å². The molecule has 3 rings (SSSR count). The highest BCUT2D eigenvalue weighted by Gasteiger charge is 2.34. The number of carbonyl (C=O) groups is 2. The van der Waals surface area contributed by atoms with Crippen LogP contribution in [0.2, 0.25) is 0 Å². The smallest absolute Gasteiger partial charge is 0.335 e. The predicted molar refractivity (Wildman–Crippen MR) is 87.8 cm³/mol. The number of hydrogen-bond acceptors (Lipinski definition) is 4. The number of amides is 1. The fourth-order valence-electron chi connectivity index (χ4n) is 2.52. The van der Waals surface area contributed by atoms with Crippen LogP contribution in [0.25, 0.3) is 0 Å². The van der Waals surface area contributed by atoms with Gasteiger partial charge in [0.05, 0.1) is 21.8 Å². The van der Waals surface area contributed by atoms with Gasteiger partial charge in [-0.1, -0.05) is 12.1 Å². The Morgan fingerprint density at radius 3 is 2.21 bits per heavy atom. The van der Waals surface area contributed by atoms with Gasteiger partial charge in [-0.15, -0.1) is 0 Å². The van der Waals surface area contributed by atoms with E-state index in [1.165, 1.54) is 29.2 Å². The second-order valence-electron chi connectivity index (χ2n) is 5.28. The van der Waals surface area contributed by atoms with Gasteiger partial charge in [-0.25, -0.2) is 13.2 Å². The second kappa shape index (κ2) is 5.64. The van der Waals surface area contributed by atoms with Crippen molar-refractivity contribution in [2.75, 3.05) is 22.8 Å². The Hall–Kier alpha value is -2.87. The zero-order valence-corrected chi connectivity index (χ0v) is 13.5. The van der Waals surface area contributed by atoms with Gasteiger partial charge in [0.25, 0.3) is 10.0 Å². The fourth-order valence-corrected chi connectivity index (χ4v) is 3.95. The van der Waals surface area contributed by atoms with Gasteiger partial charge in [0.1, 0.15) is 6.54 Å². The minimum absolute atomic E-state index is 0.0104. The number of rotatable bonds is 3. The van der Waals surface area contributed by atoms with Crippen molar-refractivity contribution in [1.29, 1.82) is 0 Å². The first-order chi connectivity index (χ1) is 11.3. The van der Waals surface area contributed by atoms with Gasteiger partial charge in [-0.05, 0) is 36.4 Å². The van der Waals surface area contributed by atoms with E-state index >= 15 is 0 Å². The van der Waals surface area contributed by atoms with Crippen LogP contribution in [0.4, 0.5) is 11.4 Å². The van der Waals surface area contributed by atoms with Crippen molar-refractivity contribution in [3.05, 3.63) is 54.1 Å². The van der Waals surface area contributed by atoms with Crippen molar-refractivity contribution >= 4 is 33.3 Å². The normalized spacial score (nSPS) is 14.5. The van der Waals surface area contributed by atoms with Gasteiger partial charge in [-0.3, -0.25) is 9.10 Å². The molecule has 1 aliphatic heterocycles. The molecule has 24 heavy (non-hydrogen) atoms. The molecule has 1 aliphatic rings. The zero-order valence-electron chi connectivity index (χ0n) is 12.7. The molecule has 0 atom stereocenters. The first kappa shape index (κ1) is 16.0. The lowest BCUT2D eigenvalue weighted by Crippen LogP contribution is -2.46. The summed E-state index contributed by atoms with van der Waals surface area (Å²) in [5, 5.41) is 8.91. The SMILES string of the molecule is CN1C(=O)CN(S(=O)(=O)c2ccc(C(=O)O)cc2)c2ccccc21. The van der Waals surface area contributed by atoms with Crippen LogP contribution >= 0.6 is 0 Å². The monoisotopic (exact) mass is 346 g/mol. The maximum atomic E-state index is 12.9. The highest BCUT2D eigenvalue weighted by Crippen LogP contribution is 2.35. The molecule has 1 amide bonds. The zero-order chi connectivity index (χ0) is 17.5. The summed E-state index contributed by atoms with van der Waals surface area (Å²) in [6.45, 7) is -0.309. The molecule has 0 fully saturated rings. The number of nitrogens with zero attached hydrogens (tertiary/aromatic N) is 2. The third-order valence-corrected chi connectivity index (χ3v) is 5.63. The Kier molecular flexibility index (Phi) is 3.76. The van der Waals surface area contributed by atoms with Gasteiger partial charge in [-0.2, -0.15) is 0 Å². The van der Waals surface area contributed by atoms with Crippen molar-refractivity contribution in [2.45, 2.75) is 4.90 Å². The molecule has 0 aromatic heterocycles. The summed E-state index contributed by atoms with van der Waals surface area (Å²) in [6.07, 6.45) is 0. The standard InChI is InChI=1S/C16H14N2O5S/c1-17-13-4-2-3-5-14(13)18(10-15(17)19)24(22,23)12-8-6-11(7-9-12)16(20)21/h2-9H,10H2,1H3,(H,20,21). The quantitative estimate of drug-likeness (QED) is 0.910. The number of carboxylic acid groups (broad SMARTS) is 1. The molecule has 8 heteroatoms. The molecule has 0 radical (unpaired) electrons. The molecule has 0 aliphatic carbocycles. The van der Waals surface area contributed by atoms with Crippen LogP contribution in [-0.2, 0) is 14.8 Å². The number of aromatic carboxylic acids is 1. The average molecular weight is 346 g/mol. The van der Waals surface area contributed by atoms with E-state index in [0.717, 1.165) is 4.31 Å². The number of sulfonamides is 1. The van der Waals surface area contributed by atoms with E-state index in [-0.39, 0.29) is 22.9 Å². The van der Waals surface area contributed by atoms with Crippen LogP contribution in [-0.4, -0.2) is 39.0 Å². The maximum absolute atomic E-state index is 12.9. The Balaban J connectivity index is 2.08. The van der Waals surface area contributed by atoms with Crippen molar-refractivity contribution in [3.63, 3.8) is 0 Å². The lowest BCUT2D eigenvalue weighted by atomic mass is 10.2. The minimum Gasteiger partial charge on any atom is -0.478 e. The Morgan fingerprint density at radius 1 is 1.04 bits per heavy atom. The summed E-state index contributed by atoms with van der Waals surface area (Å²) in [6, 6.07) is 11.6. The first-order valence-electron chi connectivity index (χ1n) is 7.04. The highest BCUT2D eigenvalue weighted by atomic mass is 32.2. The van der Waals surface area contributed by atoms with Crippen LogP contribution in [0.1, 0.15) is 10.4 Å². The lowest BCUT2D eigenvalue weighted by molar-refractivity contribution is -0.117. The molecule has 124 valence electrons. The van der Waals surface area contributed by atoms with Gasteiger partial charge in [0, 0.05) is 7.05 Å². The summed E-state index contributed by atoms with van der Waals surface area (Å²) in [5.41, 5.74) is 0.894. The summed E-state index contributed by atoms with van der Waals surface area (Å²) >= 11 is 0. The average Bonchev–Trinajstić information content (AvgIpc) is 2.58. The van der Waals surface area contributed by atoms with Crippen LogP contribution < -0.4 is 9.21 Å². The van der Waals surface area contributed by atoms with E-state index in [2.05, 4.69) is 0 Å². The third-order valence-electron chi connectivity index (χ3n) is 3.85. The molecule has 7 nitrogen and oxygen atoms in total. The van der Waals surface area contributed by atoms with E-state index in [1.807, 2.05) is 0 Å². The largest absolute Gasteiger partial charge is 0.478 e. The second-order valence-corrected chi connectivity index (χ2v) is 7.14. The highest BCUT2D eigenvalue weighted by molar-refractivity contribution is 7.92. The van der Waals surface area contributed by atoms with E-state index < -0.39 is 16.0 Å². The van der Waals surface area contributed by atoms with E-state index in [0.29, 0.717) is 11.4 Å².